The lowest BCUT2D eigenvalue weighted by atomic mass is 9.83. The highest BCUT2D eigenvalue weighted by molar-refractivity contribution is 5.54. The number of para-hydroxylation sites is 1. The molecule has 1 aromatic rings. The van der Waals surface area contributed by atoms with Gasteiger partial charge in [0.1, 0.15) is 0 Å². The SMILES string of the molecule is CC(C)(C)CC1Nc2ccccc2CC1O. The van der Waals surface area contributed by atoms with Crippen molar-refractivity contribution in [1.82, 2.24) is 0 Å². The van der Waals surface area contributed by atoms with Crippen molar-refractivity contribution in [2.24, 2.45) is 5.41 Å². The number of nitrogens with one attached hydrogen (secondary N) is 1. The van der Waals surface area contributed by atoms with Crippen molar-refractivity contribution >= 4 is 5.69 Å². The van der Waals surface area contributed by atoms with Gasteiger partial charge in [-0.05, 0) is 23.5 Å². The Labute approximate surface area is 97.7 Å². The molecule has 0 saturated heterocycles. The quantitative estimate of drug-likeness (QED) is 0.761. The van der Waals surface area contributed by atoms with Crippen molar-refractivity contribution in [3.8, 4) is 0 Å². The van der Waals surface area contributed by atoms with Crippen molar-refractivity contribution in [3.05, 3.63) is 29.8 Å². The van der Waals surface area contributed by atoms with Crippen LogP contribution in [0.5, 0.6) is 0 Å². The van der Waals surface area contributed by atoms with Crippen molar-refractivity contribution in [1.29, 1.82) is 0 Å². The maximum Gasteiger partial charge on any atom is 0.0782 e. The molecule has 0 radical (unpaired) electrons. The maximum atomic E-state index is 10.1. The smallest absolute Gasteiger partial charge is 0.0782 e. The van der Waals surface area contributed by atoms with E-state index in [2.05, 4.69) is 38.2 Å². The van der Waals surface area contributed by atoms with E-state index in [4.69, 9.17) is 0 Å². The average Bonchev–Trinajstić information content (AvgIpc) is 2.17. The zero-order valence-corrected chi connectivity index (χ0v) is 10.3. The minimum Gasteiger partial charge on any atom is -0.391 e. The van der Waals surface area contributed by atoms with Crippen LogP contribution < -0.4 is 5.32 Å². The van der Waals surface area contributed by atoms with Gasteiger partial charge in [0.15, 0.2) is 0 Å². The molecule has 0 saturated carbocycles. The zero-order valence-electron chi connectivity index (χ0n) is 10.3. The van der Waals surface area contributed by atoms with Gasteiger partial charge in [0.25, 0.3) is 0 Å². The second kappa shape index (κ2) is 4.10. The summed E-state index contributed by atoms with van der Waals surface area (Å²) in [5, 5.41) is 13.6. The van der Waals surface area contributed by atoms with Gasteiger partial charge in [0.05, 0.1) is 12.1 Å². The number of rotatable bonds is 1. The van der Waals surface area contributed by atoms with Gasteiger partial charge >= 0.3 is 0 Å². The summed E-state index contributed by atoms with van der Waals surface area (Å²) >= 11 is 0. The van der Waals surface area contributed by atoms with Gasteiger partial charge in [0, 0.05) is 12.1 Å². The third kappa shape index (κ3) is 2.56. The Morgan fingerprint density at radius 1 is 1.31 bits per heavy atom. The Bertz CT molecular complexity index is 367. The van der Waals surface area contributed by atoms with E-state index in [9.17, 15) is 5.11 Å². The standard InChI is InChI=1S/C14H21NO/c1-14(2,3)9-12-13(16)8-10-6-4-5-7-11(10)15-12/h4-7,12-13,15-16H,8-9H2,1-3H3. The van der Waals surface area contributed by atoms with E-state index in [0.29, 0.717) is 0 Å². The number of hydrogen-bond acceptors (Lipinski definition) is 2. The summed E-state index contributed by atoms with van der Waals surface area (Å²) in [7, 11) is 0. The average molecular weight is 219 g/mol. The summed E-state index contributed by atoms with van der Waals surface area (Å²) in [5.74, 6) is 0. The molecule has 0 aliphatic carbocycles. The Hall–Kier alpha value is -1.02. The highest BCUT2D eigenvalue weighted by Gasteiger charge is 2.29. The van der Waals surface area contributed by atoms with Crippen LogP contribution in [0.4, 0.5) is 5.69 Å². The number of benzene rings is 1. The number of aliphatic hydroxyl groups is 1. The van der Waals surface area contributed by atoms with E-state index in [-0.39, 0.29) is 17.6 Å². The van der Waals surface area contributed by atoms with Crippen molar-refractivity contribution < 1.29 is 5.11 Å². The molecule has 2 unspecified atom stereocenters. The fourth-order valence-electron chi connectivity index (χ4n) is 2.35. The Morgan fingerprint density at radius 2 is 2.00 bits per heavy atom. The van der Waals surface area contributed by atoms with Crippen molar-refractivity contribution in [3.63, 3.8) is 0 Å². The van der Waals surface area contributed by atoms with Crippen molar-refractivity contribution in [2.75, 3.05) is 5.32 Å². The van der Waals surface area contributed by atoms with Crippen LogP contribution in [-0.4, -0.2) is 17.3 Å². The molecule has 2 atom stereocenters. The Balaban J connectivity index is 2.15. The molecule has 1 aliphatic heterocycles. The molecule has 1 heterocycles. The predicted octanol–water partition coefficient (Wildman–Crippen LogP) is 2.82. The highest BCUT2D eigenvalue weighted by Crippen LogP contribution is 2.30. The third-order valence-electron chi connectivity index (χ3n) is 3.08. The topological polar surface area (TPSA) is 32.3 Å². The first-order valence-electron chi connectivity index (χ1n) is 5.98. The molecular weight excluding hydrogens is 198 g/mol. The van der Waals surface area contributed by atoms with E-state index in [0.717, 1.165) is 12.8 Å². The van der Waals surface area contributed by atoms with Gasteiger partial charge in [-0.25, -0.2) is 0 Å². The summed E-state index contributed by atoms with van der Waals surface area (Å²) in [6, 6.07) is 8.42. The number of anilines is 1. The molecule has 2 N–H and O–H groups in total. The predicted molar refractivity (Wildman–Crippen MR) is 67.6 cm³/mol. The molecular formula is C14H21NO. The van der Waals surface area contributed by atoms with Crippen LogP contribution in [0.25, 0.3) is 0 Å². The van der Waals surface area contributed by atoms with E-state index < -0.39 is 0 Å². The Morgan fingerprint density at radius 3 is 2.69 bits per heavy atom. The molecule has 0 spiro atoms. The van der Waals surface area contributed by atoms with Crippen LogP contribution in [0.1, 0.15) is 32.8 Å². The third-order valence-corrected chi connectivity index (χ3v) is 3.08. The molecule has 0 fully saturated rings. The normalized spacial score (nSPS) is 24.8. The number of fused-ring (bicyclic) bond motifs is 1. The lowest BCUT2D eigenvalue weighted by Gasteiger charge is -2.35. The molecule has 0 aromatic heterocycles. The van der Waals surface area contributed by atoms with Crippen LogP contribution in [-0.2, 0) is 6.42 Å². The van der Waals surface area contributed by atoms with E-state index in [1.165, 1.54) is 11.3 Å². The molecule has 0 amide bonds. The summed E-state index contributed by atoms with van der Waals surface area (Å²) in [5.41, 5.74) is 2.65. The van der Waals surface area contributed by atoms with Crippen LogP contribution in [0, 0.1) is 5.41 Å². The monoisotopic (exact) mass is 219 g/mol. The van der Waals surface area contributed by atoms with Gasteiger partial charge in [-0.1, -0.05) is 39.0 Å². The minimum absolute atomic E-state index is 0.176. The summed E-state index contributed by atoms with van der Waals surface area (Å²) < 4.78 is 0. The molecule has 2 heteroatoms. The van der Waals surface area contributed by atoms with Crippen LogP contribution in [0.2, 0.25) is 0 Å². The number of hydrogen-bond donors (Lipinski definition) is 2. The summed E-state index contributed by atoms with van der Waals surface area (Å²) in [6.07, 6.45) is 1.49. The van der Waals surface area contributed by atoms with Gasteiger partial charge in [-0.2, -0.15) is 0 Å². The van der Waals surface area contributed by atoms with E-state index in [1.807, 2.05) is 12.1 Å². The van der Waals surface area contributed by atoms with Gasteiger partial charge < -0.3 is 10.4 Å². The first-order chi connectivity index (χ1) is 7.46. The molecule has 2 nitrogen and oxygen atoms in total. The van der Waals surface area contributed by atoms with Crippen molar-refractivity contribution in [2.45, 2.75) is 45.8 Å². The molecule has 1 aromatic carbocycles. The number of aliphatic hydroxyl groups excluding tert-OH is 1. The van der Waals surface area contributed by atoms with E-state index >= 15 is 0 Å². The Kier molecular flexibility index (Phi) is 2.94. The summed E-state index contributed by atoms with van der Waals surface area (Å²) in [6.45, 7) is 6.63. The summed E-state index contributed by atoms with van der Waals surface area (Å²) in [4.78, 5) is 0. The molecule has 1 aliphatic rings. The van der Waals surface area contributed by atoms with Crippen LogP contribution in [0.15, 0.2) is 24.3 Å². The molecule has 0 bridgehead atoms. The first kappa shape index (κ1) is 11.5. The lowest BCUT2D eigenvalue weighted by molar-refractivity contribution is 0.126. The highest BCUT2D eigenvalue weighted by atomic mass is 16.3. The fraction of sp³-hybridized carbons (Fsp3) is 0.571. The minimum atomic E-state index is -0.269. The second-order valence-corrected chi connectivity index (χ2v) is 5.94. The van der Waals surface area contributed by atoms with E-state index in [1.54, 1.807) is 0 Å². The fourth-order valence-corrected chi connectivity index (χ4v) is 2.35. The molecule has 16 heavy (non-hydrogen) atoms. The zero-order chi connectivity index (χ0) is 11.8. The van der Waals surface area contributed by atoms with Gasteiger partial charge in [-0.3, -0.25) is 0 Å². The van der Waals surface area contributed by atoms with Crippen LogP contribution in [0.3, 0.4) is 0 Å². The molecule has 2 rings (SSSR count). The van der Waals surface area contributed by atoms with Gasteiger partial charge in [0.2, 0.25) is 0 Å². The maximum absolute atomic E-state index is 10.1. The van der Waals surface area contributed by atoms with Gasteiger partial charge in [-0.15, -0.1) is 0 Å². The molecule has 88 valence electrons. The first-order valence-corrected chi connectivity index (χ1v) is 5.98. The van der Waals surface area contributed by atoms with Crippen LogP contribution >= 0.6 is 0 Å². The lowest BCUT2D eigenvalue weighted by Crippen LogP contribution is -2.41. The second-order valence-electron chi connectivity index (χ2n) is 5.94. The largest absolute Gasteiger partial charge is 0.391 e.